The first-order valence-electron chi connectivity index (χ1n) is 6.67. The van der Waals surface area contributed by atoms with Gasteiger partial charge in [0, 0.05) is 31.9 Å². The summed E-state index contributed by atoms with van der Waals surface area (Å²) in [6, 6.07) is 10.4. The Kier molecular flexibility index (Phi) is 3.47. The number of nitrogens with one attached hydrogen (secondary N) is 1. The topological polar surface area (TPSA) is 34.2 Å². The molecule has 0 fully saturated rings. The predicted octanol–water partition coefficient (Wildman–Crippen LogP) is 2.48. The van der Waals surface area contributed by atoms with E-state index in [1.54, 1.807) is 6.20 Å². The number of hydrogen-bond donors (Lipinski definition) is 1. The molecule has 0 amide bonds. The summed E-state index contributed by atoms with van der Waals surface area (Å²) in [5, 5.41) is 3.43. The molecule has 2 aromatic rings. The van der Waals surface area contributed by atoms with Crippen LogP contribution in [0, 0.1) is 6.92 Å². The molecular weight excluding hydrogens is 236 g/mol. The summed E-state index contributed by atoms with van der Waals surface area (Å²) in [5.41, 5.74) is 3.83. The average molecular weight is 254 g/mol. The van der Waals surface area contributed by atoms with Crippen molar-refractivity contribution in [1.82, 2.24) is 10.3 Å². The minimum atomic E-state index is 0.244. The Balaban J connectivity index is 1.51. The first-order valence-corrected chi connectivity index (χ1v) is 6.67. The van der Waals surface area contributed by atoms with E-state index in [0.717, 1.165) is 25.3 Å². The second kappa shape index (κ2) is 5.41. The van der Waals surface area contributed by atoms with Crippen molar-refractivity contribution in [3.05, 3.63) is 59.4 Å². The number of benzene rings is 1. The number of hydrogen-bond acceptors (Lipinski definition) is 3. The fourth-order valence-corrected chi connectivity index (χ4v) is 2.44. The van der Waals surface area contributed by atoms with Crippen molar-refractivity contribution in [3.8, 4) is 5.75 Å². The van der Waals surface area contributed by atoms with E-state index in [-0.39, 0.29) is 6.10 Å². The van der Waals surface area contributed by atoms with Crippen LogP contribution < -0.4 is 10.1 Å². The number of nitrogens with zero attached hydrogens (tertiary/aromatic N) is 1. The highest BCUT2D eigenvalue weighted by molar-refractivity contribution is 5.40. The molecule has 2 heterocycles. The highest BCUT2D eigenvalue weighted by atomic mass is 16.5. The molecule has 98 valence electrons. The molecule has 1 aliphatic heterocycles. The van der Waals surface area contributed by atoms with Crippen molar-refractivity contribution in [3.63, 3.8) is 0 Å². The SMILES string of the molecule is Cc1ccc2c(c1)CC(CNCc1cccnc1)O2. The highest BCUT2D eigenvalue weighted by Crippen LogP contribution is 2.29. The zero-order valence-electron chi connectivity index (χ0n) is 11.1. The van der Waals surface area contributed by atoms with Crippen LogP contribution >= 0.6 is 0 Å². The van der Waals surface area contributed by atoms with Crippen molar-refractivity contribution in [2.75, 3.05) is 6.54 Å². The van der Waals surface area contributed by atoms with Gasteiger partial charge in [-0.2, -0.15) is 0 Å². The number of rotatable bonds is 4. The summed E-state index contributed by atoms with van der Waals surface area (Å²) < 4.78 is 5.92. The summed E-state index contributed by atoms with van der Waals surface area (Å²) in [6.45, 7) is 3.82. The Hall–Kier alpha value is -1.87. The molecular formula is C16H18N2O. The van der Waals surface area contributed by atoms with Gasteiger partial charge in [0.1, 0.15) is 11.9 Å². The van der Waals surface area contributed by atoms with Gasteiger partial charge in [-0.05, 0) is 30.2 Å². The molecule has 0 spiro atoms. The second-order valence-electron chi connectivity index (χ2n) is 5.05. The minimum absolute atomic E-state index is 0.244. The monoisotopic (exact) mass is 254 g/mol. The van der Waals surface area contributed by atoms with Gasteiger partial charge in [0.25, 0.3) is 0 Å². The number of fused-ring (bicyclic) bond motifs is 1. The maximum atomic E-state index is 5.92. The van der Waals surface area contributed by atoms with Crippen LogP contribution in [-0.2, 0) is 13.0 Å². The summed E-state index contributed by atoms with van der Waals surface area (Å²) in [6.07, 6.45) is 4.92. The van der Waals surface area contributed by atoms with E-state index < -0.39 is 0 Å². The van der Waals surface area contributed by atoms with Gasteiger partial charge in [0.15, 0.2) is 0 Å². The number of aryl methyl sites for hydroxylation is 1. The smallest absolute Gasteiger partial charge is 0.123 e. The van der Waals surface area contributed by atoms with E-state index in [0.29, 0.717) is 0 Å². The summed E-state index contributed by atoms with van der Waals surface area (Å²) in [7, 11) is 0. The van der Waals surface area contributed by atoms with Gasteiger partial charge in [-0.25, -0.2) is 0 Å². The zero-order valence-corrected chi connectivity index (χ0v) is 11.1. The van der Waals surface area contributed by atoms with Crippen LogP contribution in [0.3, 0.4) is 0 Å². The molecule has 0 saturated heterocycles. The fraction of sp³-hybridized carbons (Fsp3) is 0.312. The largest absolute Gasteiger partial charge is 0.488 e. The van der Waals surface area contributed by atoms with Crippen molar-refractivity contribution < 1.29 is 4.74 Å². The van der Waals surface area contributed by atoms with Gasteiger partial charge in [-0.15, -0.1) is 0 Å². The summed E-state index contributed by atoms with van der Waals surface area (Å²) in [5.74, 6) is 1.04. The van der Waals surface area contributed by atoms with Crippen molar-refractivity contribution >= 4 is 0 Å². The van der Waals surface area contributed by atoms with Gasteiger partial charge in [-0.3, -0.25) is 4.98 Å². The first-order chi connectivity index (χ1) is 9.31. The van der Waals surface area contributed by atoms with E-state index in [9.17, 15) is 0 Å². The molecule has 3 heteroatoms. The van der Waals surface area contributed by atoms with E-state index in [1.807, 2.05) is 12.3 Å². The Morgan fingerprint density at radius 3 is 3.16 bits per heavy atom. The molecule has 19 heavy (non-hydrogen) atoms. The van der Waals surface area contributed by atoms with E-state index in [2.05, 4.69) is 41.5 Å². The standard InChI is InChI=1S/C16H18N2O/c1-12-4-5-16-14(7-12)8-15(19-16)11-18-10-13-3-2-6-17-9-13/h2-7,9,15,18H,8,10-11H2,1H3. The number of aromatic nitrogens is 1. The van der Waals surface area contributed by atoms with Crippen molar-refractivity contribution in [1.29, 1.82) is 0 Å². The molecule has 1 aromatic heterocycles. The molecule has 0 aliphatic carbocycles. The highest BCUT2D eigenvalue weighted by Gasteiger charge is 2.22. The van der Waals surface area contributed by atoms with Crippen LogP contribution in [0.1, 0.15) is 16.7 Å². The van der Waals surface area contributed by atoms with E-state index in [1.165, 1.54) is 16.7 Å². The third-order valence-corrected chi connectivity index (χ3v) is 3.38. The first kappa shape index (κ1) is 12.2. The third-order valence-electron chi connectivity index (χ3n) is 3.38. The maximum absolute atomic E-state index is 5.92. The van der Waals surface area contributed by atoms with E-state index >= 15 is 0 Å². The number of pyridine rings is 1. The van der Waals surface area contributed by atoms with Crippen LogP contribution in [0.15, 0.2) is 42.7 Å². The Morgan fingerprint density at radius 2 is 2.32 bits per heavy atom. The molecule has 1 atom stereocenters. The molecule has 3 rings (SSSR count). The van der Waals surface area contributed by atoms with Crippen LogP contribution in [-0.4, -0.2) is 17.6 Å². The van der Waals surface area contributed by atoms with Gasteiger partial charge >= 0.3 is 0 Å². The average Bonchev–Trinajstić information content (AvgIpc) is 2.82. The summed E-state index contributed by atoms with van der Waals surface area (Å²) in [4.78, 5) is 4.11. The Morgan fingerprint density at radius 1 is 1.37 bits per heavy atom. The Bertz CT molecular complexity index is 554. The van der Waals surface area contributed by atoms with Crippen LogP contribution in [0.4, 0.5) is 0 Å². The van der Waals surface area contributed by atoms with E-state index in [4.69, 9.17) is 4.74 Å². The lowest BCUT2D eigenvalue weighted by atomic mass is 10.1. The molecule has 1 unspecified atom stereocenters. The molecule has 1 aromatic carbocycles. The third kappa shape index (κ3) is 2.93. The van der Waals surface area contributed by atoms with Gasteiger partial charge in [0.05, 0.1) is 0 Å². The molecule has 0 saturated carbocycles. The van der Waals surface area contributed by atoms with Gasteiger partial charge in [0.2, 0.25) is 0 Å². The zero-order chi connectivity index (χ0) is 13.1. The second-order valence-corrected chi connectivity index (χ2v) is 5.05. The molecule has 1 aliphatic rings. The van der Waals surface area contributed by atoms with Gasteiger partial charge < -0.3 is 10.1 Å². The fourth-order valence-electron chi connectivity index (χ4n) is 2.44. The number of ether oxygens (including phenoxy) is 1. The van der Waals surface area contributed by atoms with Crippen molar-refractivity contribution in [2.45, 2.75) is 26.0 Å². The van der Waals surface area contributed by atoms with Gasteiger partial charge in [-0.1, -0.05) is 23.8 Å². The summed E-state index contributed by atoms with van der Waals surface area (Å²) >= 11 is 0. The van der Waals surface area contributed by atoms with Crippen LogP contribution in [0.5, 0.6) is 5.75 Å². The lowest BCUT2D eigenvalue weighted by Crippen LogP contribution is -2.29. The lowest BCUT2D eigenvalue weighted by Gasteiger charge is -2.11. The predicted molar refractivity (Wildman–Crippen MR) is 75.2 cm³/mol. The Labute approximate surface area is 113 Å². The lowest BCUT2D eigenvalue weighted by molar-refractivity contribution is 0.227. The quantitative estimate of drug-likeness (QED) is 0.910. The molecule has 1 N–H and O–H groups in total. The normalized spacial score (nSPS) is 17.0. The maximum Gasteiger partial charge on any atom is 0.123 e. The molecule has 3 nitrogen and oxygen atoms in total. The van der Waals surface area contributed by atoms with Crippen LogP contribution in [0.2, 0.25) is 0 Å². The molecule has 0 bridgehead atoms. The van der Waals surface area contributed by atoms with Crippen LogP contribution in [0.25, 0.3) is 0 Å². The minimum Gasteiger partial charge on any atom is -0.488 e. The van der Waals surface area contributed by atoms with Crippen molar-refractivity contribution in [2.24, 2.45) is 0 Å². The molecule has 0 radical (unpaired) electrons.